The van der Waals surface area contributed by atoms with E-state index in [0.29, 0.717) is 6.04 Å². The van der Waals surface area contributed by atoms with Crippen LogP contribution >= 0.6 is 11.3 Å². The van der Waals surface area contributed by atoms with E-state index in [-0.39, 0.29) is 0 Å². The van der Waals surface area contributed by atoms with Crippen molar-refractivity contribution in [1.29, 1.82) is 0 Å². The van der Waals surface area contributed by atoms with Crippen LogP contribution in [0.1, 0.15) is 24.2 Å². The molecular weight excluding hydrogens is 206 g/mol. The van der Waals surface area contributed by atoms with E-state index in [9.17, 15) is 0 Å². The van der Waals surface area contributed by atoms with Gasteiger partial charge in [-0.3, -0.25) is 4.98 Å². The number of aromatic nitrogens is 2. The fourth-order valence-electron chi connectivity index (χ4n) is 1.35. The van der Waals surface area contributed by atoms with Gasteiger partial charge in [0.25, 0.3) is 0 Å². The van der Waals surface area contributed by atoms with Crippen LogP contribution in [0.3, 0.4) is 0 Å². The SMILES string of the molecule is C[C@H](NCc1cscn1)c1ccncc1. The van der Waals surface area contributed by atoms with Crippen molar-refractivity contribution in [3.63, 3.8) is 0 Å². The summed E-state index contributed by atoms with van der Waals surface area (Å²) < 4.78 is 0. The third-order valence-corrected chi connectivity index (χ3v) is 2.91. The van der Waals surface area contributed by atoms with Crippen molar-refractivity contribution in [2.45, 2.75) is 19.5 Å². The standard InChI is InChI=1S/C11H13N3S/c1-9(10-2-4-12-5-3-10)13-6-11-7-15-8-14-11/h2-5,7-9,13H,6H2,1H3/t9-/m0/s1. The molecule has 2 heterocycles. The number of hydrogen-bond acceptors (Lipinski definition) is 4. The Kier molecular flexibility index (Phi) is 3.42. The van der Waals surface area contributed by atoms with Crippen LogP contribution in [0, 0.1) is 0 Å². The van der Waals surface area contributed by atoms with Gasteiger partial charge < -0.3 is 5.32 Å². The number of thiazole rings is 1. The first-order valence-corrected chi connectivity index (χ1v) is 5.81. The van der Waals surface area contributed by atoms with Crippen LogP contribution in [-0.2, 0) is 6.54 Å². The molecule has 0 radical (unpaired) electrons. The Hall–Kier alpha value is -1.26. The molecule has 2 aromatic heterocycles. The van der Waals surface area contributed by atoms with E-state index in [1.165, 1.54) is 5.56 Å². The lowest BCUT2D eigenvalue weighted by atomic mass is 10.1. The summed E-state index contributed by atoms with van der Waals surface area (Å²) in [6.07, 6.45) is 3.63. The minimum atomic E-state index is 0.328. The second-order valence-corrected chi connectivity index (χ2v) is 4.08. The van der Waals surface area contributed by atoms with Crippen LogP contribution in [0.15, 0.2) is 35.4 Å². The van der Waals surface area contributed by atoms with Gasteiger partial charge in [0, 0.05) is 30.4 Å². The van der Waals surface area contributed by atoms with Gasteiger partial charge >= 0.3 is 0 Å². The Morgan fingerprint density at radius 1 is 1.40 bits per heavy atom. The lowest BCUT2D eigenvalue weighted by Gasteiger charge is -2.12. The van der Waals surface area contributed by atoms with Crippen molar-refractivity contribution < 1.29 is 0 Å². The van der Waals surface area contributed by atoms with E-state index in [0.717, 1.165) is 12.2 Å². The predicted molar refractivity (Wildman–Crippen MR) is 61.6 cm³/mol. The van der Waals surface area contributed by atoms with Crippen LogP contribution in [0.4, 0.5) is 0 Å². The fourth-order valence-corrected chi connectivity index (χ4v) is 1.91. The van der Waals surface area contributed by atoms with Gasteiger partial charge in [-0.15, -0.1) is 11.3 Å². The highest BCUT2D eigenvalue weighted by atomic mass is 32.1. The lowest BCUT2D eigenvalue weighted by Crippen LogP contribution is -2.18. The molecule has 78 valence electrons. The molecule has 0 spiro atoms. The first-order valence-electron chi connectivity index (χ1n) is 4.86. The Morgan fingerprint density at radius 3 is 2.87 bits per heavy atom. The van der Waals surface area contributed by atoms with E-state index in [2.05, 4.69) is 27.6 Å². The molecule has 3 nitrogen and oxygen atoms in total. The molecule has 0 fully saturated rings. The van der Waals surface area contributed by atoms with E-state index in [4.69, 9.17) is 0 Å². The van der Waals surface area contributed by atoms with Crippen molar-refractivity contribution in [2.75, 3.05) is 0 Å². The number of pyridine rings is 1. The molecule has 0 saturated carbocycles. The van der Waals surface area contributed by atoms with E-state index >= 15 is 0 Å². The molecule has 0 aliphatic heterocycles. The van der Waals surface area contributed by atoms with Crippen LogP contribution in [0.2, 0.25) is 0 Å². The van der Waals surface area contributed by atoms with Gasteiger partial charge in [-0.05, 0) is 24.6 Å². The Bertz CT molecular complexity index is 385. The largest absolute Gasteiger partial charge is 0.305 e. The Labute approximate surface area is 93.2 Å². The number of rotatable bonds is 4. The van der Waals surface area contributed by atoms with Crippen molar-refractivity contribution in [1.82, 2.24) is 15.3 Å². The monoisotopic (exact) mass is 219 g/mol. The summed E-state index contributed by atoms with van der Waals surface area (Å²) in [6.45, 7) is 2.95. The highest BCUT2D eigenvalue weighted by Crippen LogP contribution is 2.11. The van der Waals surface area contributed by atoms with Crippen molar-refractivity contribution in [2.24, 2.45) is 0 Å². The van der Waals surface area contributed by atoms with Gasteiger partial charge in [-0.25, -0.2) is 4.98 Å². The molecule has 0 aliphatic rings. The fraction of sp³-hybridized carbons (Fsp3) is 0.273. The van der Waals surface area contributed by atoms with Crippen molar-refractivity contribution in [3.05, 3.63) is 46.7 Å². The third kappa shape index (κ3) is 2.84. The Balaban J connectivity index is 1.90. The second-order valence-electron chi connectivity index (χ2n) is 3.36. The van der Waals surface area contributed by atoms with Gasteiger partial charge in [0.15, 0.2) is 0 Å². The molecule has 2 aromatic rings. The summed E-state index contributed by atoms with van der Waals surface area (Å²) >= 11 is 1.63. The molecule has 2 rings (SSSR count). The molecule has 0 aromatic carbocycles. The van der Waals surface area contributed by atoms with Crippen LogP contribution < -0.4 is 5.32 Å². The van der Waals surface area contributed by atoms with Gasteiger partial charge in [-0.1, -0.05) is 0 Å². The van der Waals surface area contributed by atoms with Crippen molar-refractivity contribution >= 4 is 11.3 Å². The molecule has 4 heteroatoms. The molecule has 0 aliphatic carbocycles. The molecule has 0 unspecified atom stereocenters. The molecule has 0 amide bonds. The van der Waals surface area contributed by atoms with Gasteiger partial charge in [0.2, 0.25) is 0 Å². The second kappa shape index (κ2) is 5.00. The van der Waals surface area contributed by atoms with Crippen LogP contribution in [0.5, 0.6) is 0 Å². The molecule has 15 heavy (non-hydrogen) atoms. The quantitative estimate of drug-likeness (QED) is 0.858. The van der Waals surface area contributed by atoms with Gasteiger partial charge in [-0.2, -0.15) is 0 Å². The zero-order valence-corrected chi connectivity index (χ0v) is 9.37. The zero-order chi connectivity index (χ0) is 10.5. The van der Waals surface area contributed by atoms with Crippen molar-refractivity contribution in [3.8, 4) is 0 Å². The maximum absolute atomic E-state index is 4.23. The minimum Gasteiger partial charge on any atom is -0.305 e. The number of nitrogens with one attached hydrogen (secondary N) is 1. The van der Waals surface area contributed by atoms with E-state index in [1.54, 1.807) is 11.3 Å². The normalized spacial score (nSPS) is 12.6. The minimum absolute atomic E-state index is 0.328. The maximum atomic E-state index is 4.23. The Morgan fingerprint density at radius 2 is 2.20 bits per heavy atom. The predicted octanol–water partition coefficient (Wildman–Crippen LogP) is 2.39. The highest BCUT2D eigenvalue weighted by Gasteiger charge is 2.04. The average molecular weight is 219 g/mol. The molecular formula is C11H13N3S. The summed E-state index contributed by atoms with van der Waals surface area (Å²) in [4.78, 5) is 8.22. The first-order chi connectivity index (χ1) is 7.36. The van der Waals surface area contributed by atoms with Gasteiger partial charge in [0.1, 0.15) is 0 Å². The summed E-state index contributed by atoms with van der Waals surface area (Å²) in [7, 11) is 0. The molecule has 0 bridgehead atoms. The first kappa shape index (κ1) is 10.3. The molecule has 0 saturated heterocycles. The summed E-state index contributed by atoms with van der Waals surface area (Å²) in [5.74, 6) is 0. The highest BCUT2D eigenvalue weighted by molar-refractivity contribution is 7.07. The summed E-state index contributed by atoms with van der Waals surface area (Å²) in [5, 5.41) is 5.48. The topological polar surface area (TPSA) is 37.8 Å². The third-order valence-electron chi connectivity index (χ3n) is 2.28. The van der Waals surface area contributed by atoms with Crippen LogP contribution in [0.25, 0.3) is 0 Å². The average Bonchev–Trinajstić information content (AvgIpc) is 2.80. The van der Waals surface area contributed by atoms with E-state index < -0.39 is 0 Å². The number of hydrogen-bond donors (Lipinski definition) is 1. The molecule has 1 atom stereocenters. The lowest BCUT2D eigenvalue weighted by molar-refractivity contribution is 0.568. The summed E-state index contributed by atoms with van der Waals surface area (Å²) in [6, 6.07) is 4.38. The van der Waals surface area contributed by atoms with Crippen LogP contribution in [-0.4, -0.2) is 9.97 Å². The van der Waals surface area contributed by atoms with Gasteiger partial charge in [0.05, 0.1) is 11.2 Å². The smallest absolute Gasteiger partial charge is 0.0795 e. The van der Waals surface area contributed by atoms with E-state index in [1.807, 2.05) is 30.0 Å². The number of nitrogens with zero attached hydrogens (tertiary/aromatic N) is 2. The maximum Gasteiger partial charge on any atom is 0.0795 e. The molecule has 1 N–H and O–H groups in total. The summed E-state index contributed by atoms with van der Waals surface area (Å²) in [5.41, 5.74) is 4.20. The zero-order valence-electron chi connectivity index (χ0n) is 8.55.